The average molecular weight is 710 g/mol. The van der Waals surface area contributed by atoms with Crippen molar-refractivity contribution in [3.63, 3.8) is 0 Å². The lowest BCUT2D eigenvalue weighted by Gasteiger charge is -2.14. The van der Waals surface area contributed by atoms with E-state index in [1.54, 1.807) is 0 Å². The second kappa shape index (κ2) is 12.2. The molecule has 252 valence electrons. The van der Waals surface area contributed by atoms with Crippen molar-refractivity contribution < 1.29 is 0 Å². The van der Waals surface area contributed by atoms with Crippen LogP contribution in [-0.2, 0) is 0 Å². The van der Waals surface area contributed by atoms with E-state index in [4.69, 9.17) is 28.7 Å². The fraction of sp³-hybridized carbons (Fsp3) is 0. The highest BCUT2D eigenvalue weighted by Gasteiger charge is 2.22. The molecule has 0 saturated carbocycles. The van der Waals surface area contributed by atoms with Gasteiger partial charge in [-0.15, -0.1) is 0 Å². The van der Waals surface area contributed by atoms with Gasteiger partial charge in [0.05, 0.1) is 34.0 Å². The quantitative estimate of drug-likeness (QED) is 0.165. The first kappa shape index (κ1) is 30.5. The molecule has 54 heavy (non-hydrogen) atoms. The second-order valence-corrected chi connectivity index (χ2v) is 13.8. The summed E-state index contributed by atoms with van der Waals surface area (Å²) in [5.41, 5.74) is 10.2. The predicted octanol–water partition coefficient (Wildman–Crippen LogP) is 11.3. The van der Waals surface area contributed by atoms with Gasteiger partial charge in [0.2, 0.25) is 0 Å². The van der Waals surface area contributed by atoms with Crippen molar-refractivity contribution in [3.8, 4) is 51.1 Å². The first-order valence-electron chi connectivity index (χ1n) is 17.7. The average Bonchev–Trinajstić information content (AvgIpc) is 3.87. The molecular formula is C46H27N7S. The molecule has 0 N–H and O–H groups in total. The zero-order valence-corrected chi connectivity index (χ0v) is 29.4. The largest absolute Gasteiger partial charge is 0.309 e. The maximum atomic E-state index is 5.23. The number of nitrogens with zero attached hydrogens (tertiary/aromatic N) is 7. The van der Waals surface area contributed by atoms with Gasteiger partial charge in [-0.05, 0) is 36.4 Å². The Morgan fingerprint density at radius 1 is 0.407 bits per heavy atom. The van der Waals surface area contributed by atoms with E-state index >= 15 is 0 Å². The molecule has 0 aliphatic carbocycles. The van der Waals surface area contributed by atoms with Crippen LogP contribution in [-0.4, -0.2) is 33.3 Å². The van der Waals surface area contributed by atoms with E-state index in [2.05, 4.69) is 108 Å². The highest BCUT2D eigenvalue weighted by molar-refractivity contribution is 7.00. The maximum absolute atomic E-state index is 5.23. The van der Waals surface area contributed by atoms with Crippen LogP contribution in [0.25, 0.3) is 106 Å². The molecule has 4 heterocycles. The van der Waals surface area contributed by atoms with E-state index in [0.29, 0.717) is 17.5 Å². The summed E-state index contributed by atoms with van der Waals surface area (Å²) >= 11 is 1.20. The molecule has 0 aliphatic rings. The monoisotopic (exact) mass is 709 g/mol. The van der Waals surface area contributed by atoms with Crippen LogP contribution in [0.1, 0.15) is 0 Å². The summed E-state index contributed by atoms with van der Waals surface area (Å²) in [6.07, 6.45) is 0. The number of hydrogen-bond donors (Lipinski definition) is 0. The van der Waals surface area contributed by atoms with Gasteiger partial charge in [-0.2, -0.15) is 8.75 Å². The Morgan fingerprint density at radius 2 is 0.981 bits per heavy atom. The van der Waals surface area contributed by atoms with E-state index in [9.17, 15) is 0 Å². The highest BCUT2D eigenvalue weighted by atomic mass is 32.1. The van der Waals surface area contributed by atoms with Crippen molar-refractivity contribution in [2.24, 2.45) is 0 Å². The lowest BCUT2D eigenvalue weighted by atomic mass is 9.96. The zero-order valence-electron chi connectivity index (χ0n) is 28.6. The van der Waals surface area contributed by atoms with Gasteiger partial charge in [-0.1, -0.05) is 127 Å². The van der Waals surface area contributed by atoms with Gasteiger partial charge in [0.15, 0.2) is 17.5 Å². The second-order valence-electron chi connectivity index (χ2n) is 13.2. The zero-order chi connectivity index (χ0) is 35.6. The lowest BCUT2D eigenvalue weighted by Crippen LogP contribution is -2.02. The maximum Gasteiger partial charge on any atom is 0.166 e. The number of pyridine rings is 1. The summed E-state index contributed by atoms with van der Waals surface area (Å²) in [5, 5.41) is 5.43. The number of benzene rings is 7. The van der Waals surface area contributed by atoms with Gasteiger partial charge in [0, 0.05) is 54.9 Å². The molecule has 0 spiro atoms. The minimum Gasteiger partial charge on any atom is -0.309 e. The van der Waals surface area contributed by atoms with Crippen molar-refractivity contribution in [1.29, 1.82) is 0 Å². The third-order valence-electron chi connectivity index (χ3n) is 10.1. The molecule has 0 unspecified atom stereocenters. The molecule has 0 saturated heterocycles. The molecule has 7 nitrogen and oxygen atoms in total. The van der Waals surface area contributed by atoms with Crippen molar-refractivity contribution in [1.82, 2.24) is 33.3 Å². The Labute approximate surface area is 313 Å². The van der Waals surface area contributed by atoms with E-state index in [-0.39, 0.29) is 0 Å². The van der Waals surface area contributed by atoms with Crippen molar-refractivity contribution in [2.45, 2.75) is 0 Å². The smallest absolute Gasteiger partial charge is 0.166 e. The van der Waals surface area contributed by atoms with Crippen LogP contribution >= 0.6 is 11.7 Å². The number of para-hydroxylation sites is 3. The molecule has 0 fully saturated rings. The lowest BCUT2D eigenvalue weighted by molar-refractivity contribution is 1.07. The molecule has 0 amide bonds. The molecule has 0 bridgehead atoms. The molecule has 0 atom stereocenters. The topological polar surface area (TPSA) is 82.3 Å². The number of aromatic nitrogens is 7. The molecule has 0 aliphatic heterocycles. The standard InChI is InChI=1S/C46H27N7S/c1-3-14-28(15-4-1)41-35-27-36(42-43(52-54-51-42)40(35)34-22-7-10-23-37(34)47-41)46-49-44(29-16-5-2-6-17-29)48-45(50-46)30-18-13-19-31(26-30)53-38-24-11-8-20-32(38)33-21-9-12-25-39(33)53/h1-27H. The van der Waals surface area contributed by atoms with E-state index in [1.807, 2.05) is 60.7 Å². The van der Waals surface area contributed by atoms with Crippen LogP contribution in [0.4, 0.5) is 0 Å². The molecule has 8 heteroatoms. The summed E-state index contributed by atoms with van der Waals surface area (Å²) in [4.78, 5) is 20.7. The van der Waals surface area contributed by atoms with Gasteiger partial charge < -0.3 is 4.57 Å². The van der Waals surface area contributed by atoms with Crippen LogP contribution in [0.5, 0.6) is 0 Å². The Bertz CT molecular complexity index is 3170. The fourth-order valence-corrected chi connectivity index (χ4v) is 8.24. The van der Waals surface area contributed by atoms with Gasteiger partial charge >= 0.3 is 0 Å². The molecule has 11 aromatic rings. The third-order valence-corrected chi connectivity index (χ3v) is 10.6. The van der Waals surface area contributed by atoms with Gasteiger partial charge in [-0.3, -0.25) is 0 Å². The first-order chi connectivity index (χ1) is 26.8. The van der Waals surface area contributed by atoms with Crippen molar-refractivity contribution >= 4 is 66.2 Å². The molecule has 11 rings (SSSR count). The third kappa shape index (κ3) is 4.81. The summed E-state index contributed by atoms with van der Waals surface area (Å²) in [7, 11) is 0. The summed E-state index contributed by atoms with van der Waals surface area (Å²) in [5.74, 6) is 1.67. The fourth-order valence-electron chi connectivity index (χ4n) is 7.68. The van der Waals surface area contributed by atoms with E-state index in [1.165, 1.54) is 22.5 Å². The first-order valence-corrected chi connectivity index (χ1v) is 18.5. The van der Waals surface area contributed by atoms with Crippen molar-refractivity contribution in [3.05, 3.63) is 164 Å². The number of fused-ring (bicyclic) bond motifs is 8. The number of rotatable bonds is 5. The molecule has 4 aromatic heterocycles. The molecule has 0 radical (unpaired) electrons. The van der Waals surface area contributed by atoms with Gasteiger partial charge in [-0.25, -0.2) is 19.9 Å². The van der Waals surface area contributed by atoms with Crippen LogP contribution in [0.15, 0.2) is 164 Å². The molecule has 7 aromatic carbocycles. The van der Waals surface area contributed by atoms with Gasteiger partial charge in [0.1, 0.15) is 11.0 Å². The Morgan fingerprint density at radius 3 is 1.72 bits per heavy atom. The highest BCUT2D eigenvalue weighted by Crippen LogP contribution is 2.41. The van der Waals surface area contributed by atoms with Crippen molar-refractivity contribution in [2.75, 3.05) is 0 Å². The van der Waals surface area contributed by atoms with Gasteiger partial charge in [0.25, 0.3) is 0 Å². The van der Waals surface area contributed by atoms with Crippen LogP contribution in [0.3, 0.4) is 0 Å². The van der Waals surface area contributed by atoms with E-state index < -0.39 is 0 Å². The predicted molar refractivity (Wildman–Crippen MR) is 220 cm³/mol. The number of hydrogen-bond acceptors (Lipinski definition) is 7. The summed E-state index contributed by atoms with van der Waals surface area (Å²) in [6, 6.07) is 56.2. The minimum absolute atomic E-state index is 0.521. The summed E-state index contributed by atoms with van der Waals surface area (Å²) < 4.78 is 12.1. The normalized spacial score (nSPS) is 11.7. The molecular weight excluding hydrogens is 683 g/mol. The summed E-state index contributed by atoms with van der Waals surface area (Å²) in [6.45, 7) is 0. The van der Waals surface area contributed by atoms with Crippen LogP contribution in [0, 0.1) is 0 Å². The SMILES string of the molecule is c1ccc(-c2nc(-c3cccc(-n4c5ccccc5c5ccccc54)c3)nc(-c3cc4c(-c5ccccc5)nc5ccccc5c4c4nsnc34)n2)cc1. The Hall–Kier alpha value is -7.16. The van der Waals surface area contributed by atoms with Crippen LogP contribution < -0.4 is 0 Å². The Balaban J connectivity index is 1.17. The minimum atomic E-state index is 0.521. The Kier molecular flexibility index (Phi) is 6.90. The van der Waals surface area contributed by atoms with E-state index in [0.717, 1.165) is 77.4 Å². The van der Waals surface area contributed by atoms with Crippen LogP contribution in [0.2, 0.25) is 0 Å².